The zero-order valence-electron chi connectivity index (χ0n) is 10.8. The van der Waals surface area contributed by atoms with Crippen LogP contribution in [0.3, 0.4) is 0 Å². The monoisotopic (exact) mass is 255 g/mol. The average Bonchev–Trinajstić information content (AvgIpc) is 2.48. The first kappa shape index (κ1) is 13.3. The van der Waals surface area contributed by atoms with Crippen LogP contribution in [0.5, 0.6) is 0 Å². The van der Waals surface area contributed by atoms with Gasteiger partial charge >= 0.3 is 0 Å². The average molecular weight is 255 g/mol. The molecule has 0 saturated carbocycles. The zero-order chi connectivity index (χ0) is 13.7. The Hall–Kier alpha value is -2.13. The Morgan fingerprint density at radius 2 is 1.53 bits per heavy atom. The lowest BCUT2D eigenvalue weighted by atomic mass is 10.0. The molecule has 0 aromatic heterocycles. The van der Waals surface area contributed by atoms with Crippen molar-refractivity contribution in [3.8, 4) is 0 Å². The number of aliphatic hydroxyl groups excluding tert-OH is 1. The highest BCUT2D eigenvalue weighted by molar-refractivity contribution is 5.94. The Balaban J connectivity index is 2.02. The summed E-state index contributed by atoms with van der Waals surface area (Å²) in [5, 5.41) is 13.0. The van der Waals surface area contributed by atoms with Gasteiger partial charge in [-0.1, -0.05) is 48.5 Å². The van der Waals surface area contributed by atoms with Crippen molar-refractivity contribution in [2.45, 2.75) is 19.1 Å². The first-order chi connectivity index (χ1) is 9.18. The second kappa shape index (κ2) is 6.16. The van der Waals surface area contributed by atoms with Gasteiger partial charge in [0.1, 0.15) is 0 Å². The summed E-state index contributed by atoms with van der Waals surface area (Å²) in [7, 11) is 0. The van der Waals surface area contributed by atoms with Gasteiger partial charge in [-0.3, -0.25) is 4.79 Å². The number of carbonyl (C=O) groups excluding carboxylic acids is 1. The number of hydrogen-bond acceptors (Lipinski definition) is 2. The van der Waals surface area contributed by atoms with Gasteiger partial charge in [0.2, 0.25) is 0 Å². The van der Waals surface area contributed by atoms with Crippen LogP contribution >= 0.6 is 0 Å². The third-order valence-corrected chi connectivity index (χ3v) is 3.01. The zero-order valence-corrected chi connectivity index (χ0v) is 10.8. The molecule has 0 radical (unpaired) electrons. The Morgan fingerprint density at radius 1 is 1.00 bits per heavy atom. The number of carbonyl (C=O) groups is 1. The summed E-state index contributed by atoms with van der Waals surface area (Å²) in [6.07, 6.45) is -0.714. The van der Waals surface area contributed by atoms with Crippen LogP contribution in [0.1, 0.15) is 28.9 Å². The molecule has 0 bridgehead atoms. The Morgan fingerprint density at radius 3 is 2.11 bits per heavy atom. The maximum atomic E-state index is 12.0. The molecule has 98 valence electrons. The van der Waals surface area contributed by atoms with Crippen LogP contribution in [-0.2, 0) is 0 Å². The third kappa shape index (κ3) is 3.42. The Labute approximate surface area is 112 Å². The quantitative estimate of drug-likeness (QED) is 0.882. The Kier molecular flexibility index (Phi) is 4.31. The van der Waals surface area contributed by atoms with E-state index in [9.17, 15) is 9.90 Å². The molecule has 3 nitrogen and oxygen atoms in total. The highest BCUT2D eigenvalue weighted by Gasteiger charge is 2.18. The fourth-order valence-corrected chi connectivity index (χ4v) is 1.90. The molecule has 0 fully saturated rings. The molecule has 2 unspecified atom stereocenters. The molecule has 2 N–H and O–H groups in total. The molecule has 0 aliphatic heterocycles. The first-order valence-electron chi connectivity index (χ1n) is 6.27. The van der Waals surface area contributed by atoms with Gasteiger partial charge in [-0.15, -0.1) is 0 Å². The van der Waals surface area contributed by atoms with Gasteiger partial charge in [-0.05, 0) is 24.6 Å². The lowest BCUT2D eigenvalue weighted by molar-refractivity contribution is 0.0852. The summed E-state index contributed by atoms with van der Waals surface area (Å²) in [5.74, 6) is -0.178. The summed E-state index contributed by atoms with van der Waals surface area (Å²) in [6, 6.07) is 17.9. The first-order valence-corrected chi connectivity index (χ1v) is 6.27. The summed E-state index contributed by atoms with van der Waals surface area (Å²) in [6.45, 7) is 1.79. The van der Waals surface area contributed by atoms with Crippen molar-refractivity contribution >= 4 is 5.91 Å². The molecule has 2 rings (SSSR count). The standard InChI is InChI=1S/C16H17NO2/c1-12(15(18)13-8-4-2-5-9-13)17-16(19)14-10-6-3-7-11-14/h2-12,15,18H,1H3,(H,17,19). The minimum Gasteiger partial charge on any atom is -0.386 e. The second-order valence-corrected chi connectivity index (χ2v) is 4.48. The predicted molar refractivity (Wildman–Crippen MR) is 74.8 cm³/mol. The highest BCUT2D eigenvalue weighted by Crippen LogP contribution is 2.16. The van der Waals surface area contributed by atoms with Crippen molar-refractivity contribution in [3.05, 3.63) is 71.8 Å². The fourth-order valence-electron chi connectivity index (χ4n) is 1.90. The van der Waals surface area contributed by atoms with E-state index in [1.807, 2.05) is 48.5 Å². The highest BCUT2D eigenvalue weighted by atomic mass is 16.3. The van der Waals surface area contributed by atoms with E-state index < -0.39 is 6.10 Å². The van der Waals surface area contributed by atoms with Crippen molar-refractivity contribution in [2.24, 2.45) is 0 Å². The number of rotatable bonds is 4. The van der Waals surface area contributed by atoms with Crippen molar-refractivity contribution < 1.29 is 9.90 Å². The van der Waals surface area contributed by atoms with Crippen LogP contribution < -0.4 is 5.32 Å². The van der Waals surface area contributed by atoms with Crippen molar-refractivity contribution in [1.82, 2.24) is 5.32 Å². The normalized spacial score (nSPS) is 13.6. The number of hydrogen-bond donors (Lipinski definition) is 2. The smallest absolute Gasteiger partial charge is 0.251 e. The van der Waals surface area contributed by atoms with E-state index in [0.29, 0.717) is 5.56 Å². The van der Waals surface area contributed by atoms with Crippen LogP contribution in [0.25, 0.3) is 0 Å². The molecule has 2 aromatic rings. The van der Waals surface area contributed by atoms with Gasteiger partial charge in [0.05, 0.1) is 12.1 Å². The van der Waals surface area contributed by atoms with Gasteiger partial charge in [0, 0.05) is 5.56 Å². The minimum atomic E-state index is -0.714. The summed E-state index contributed by atoms with van der Waals surface area (Å²) in [5.41, 5.74) is 1.39. The number of benzene rings is 2. The van der Waals surface area contributed by atoms with E-state index in [2.05, 4.69) is 5.32 Å². The molecule has 0 spiro atoms. The molecule has 0 saturated heterocycles. The van der Waals surface area contributed by atoms with E-state index in [4.69, 9.17) is 0 Å². The van der Waals surface area contributed by atoms with E-state index in [1.165, 1.54) is 0 Å². The predicted octanol–water partition coefficient (Wildman–Crippen LogP) is 2.54. The second-order valence-electron chi connectivity index (χ2n) is 4.48. The number of nitrogens with one attached hydrogen (secondary N) is 1. The minimum absolute atomic E-state index is 0.178. The molecule has 2 atom stereocenters. The summed E-state index contributed by atoms with van der Waals surface area (Å²) < 4.78 is 0. The molecular weight excluding hydrogens is 238 g/mol. The number of amides is 1. The van der Waals surface area contributed by atoms with Gasteiger partial charge in [0.25, 0.3) is 5.91 Å². The molecule has 0 aliphatic rings. The molecular formula is C16H17NO2. The van der Waals surface area contributed by atoms with Crippen molar-refractivity contribution in [2.75, 3.05) is 0 Å². The lowest BCUT2D eigenvalue weighted by Gasteiger charge is -2.20. The maximum absolute atomic E-state index is 12.0. The van der Waals surface area contributed by atoms with Crippen LogP contribution in [0.15, 0.2) is 60.7 Å². The van der Waals surface area contributed by atoms with Gasteiger partial charge in [-0.2, -0.15) is 0 Å². The molecule has 2 aromatic carbocycles. The Bertz CT molecular complexity index is 525. The van der Waals surface area contributed by atoms with Crippen molar-refractivity contribution in [3.63, 3.8) is 0 Å². The van der Waals surface area contributed by atoms with Gasteiger partial charge in [0.15, 0.2) is 0 Å². The van der Waals surface area contributed by atoms with E-state index in [1.54, 1.807) is 19.1 Å². The van der Waals surface area contributed by atoms with Crippen molar-refractivity contribution in [1.29, 1.82) is 0 Å². The summed E-state index contributed by atoms with van der Waals surface area (Å²) in [4.78, 5) is 12.0. The topological polar surface area (TPSA) is 49.3 Å². The lowest BCUT2D eigenvalue weighted by Crippen LogP contribution is -2.37. The summed E-state index contributed by atoms with van der Waals surface area (Å²) >= 11 is 0. The molecule has 1 amide bonds. The van der Waals surface area contributed by atoms with Crippen LogP contribution in [0, 0.1) is 0 Å². The maximum Gasteiger partial charge on any atom is 0.251 e. The molecule has 0 heterocycles. The molecule has 3 heteroatoms. The largest absolute Gasteiger partial charge is 0.386 e. The molecule has 0 aliphatic carbocycles. The van der Waals surface area contributed by atoms with Crippen LogP contribution in [-0.4, -0.2) is 17.1 Å². The van der Waals surface area contributed by atoms with E-state index in [-0.39, 0.29) is 11.9 Å². The van der Waals surface area contributed by atoms with Crippen LogP contribution in [0.4, 0.5) is 0 Å². The van der Waals surface area contributed by atoms with E-state index in [0.717, 1.165) is 5.56 Å². The van der Waals surface area contributed by atoms with Crippen LogP contribution in [0.2, 0.25) is 0 Å². The fraction of sp³-hybridized carbons (Fsp3) is 0.188. The van der Waals surface area contributed by atoms with E-state index >= 15 is 0 Å². The molecule has 19 heavy (non-hydrogen) atoms. The number of aliphatic hydroxyl groups is 1. The van der Waals surface area contributed by atoms with Gasteiger partial charge in [-0.25, -0.2) is 0 Å². The third-order valence-electron chi connectivity index (χ3n) is 3.01. The van der Waals surface area contributed by atoms with Gasteiger partial charge < -0.3 is 10.4 Å². The SMILES string of the molecule is CC(NC(=O)c1ccccc1)C(O)c1ccccc1.